The van der Waals surface area contributed by atoms with Crippen LogP contribution in [-0.2, 0) is 0 Å². The number of β-amino-alcohol motifs (C(OH)–C–C–N with tert-alkyl or cyclic N) is 1. The van der Waals surface area contributed by atoms with Crippen molar-refractivity contribution in [3.05, 3.63) is 4.88 Å². The van der Waals surface area contributed by atoms with Crippen molar-refractivity contribution in [2.24, 2.45) is 0 Å². The topological polar surface area (TPSA) is 94.7 Å². The molecule has 7 nitrogen and oxygen atoms in total. The molecule has 1 saturated heterocycles. The van der Waals surface area contributed by atoms with E-state index in [0.717, 1.165) is 13.1 Å². The molecule has 0 aromatic carbocycles. The summed E-state index contributed by atoms with van der Waals surface area (Å²) >= 11 is 1.31. The van der Waals surface area contributed by atoms with Crippen LogP contribution in [-0.4, -0.2) is 71.2 Å². The molecule has 0 spiro atoms. The van der Waals surface area contributed by atoms with Crippen LogP contribution in [0.1, 0.15) is 23.5 Å². The Bertz CT molecular complexity index is 483. The predicted octanol–water partition coefficient (Wildman–Crippen LogP) is 0.296. The maximum atomic E-state index is 12.5. The van der Waals surface area contributed by atoms with Gasteiger partial charge in [0.1, 0.15) is 10.7 Å². The van der Waals surface area contributed by atoms with E-state index in [9.17, 15) is 4.79 Å². The number of hydrogen-bond acceptors (Lipinski definition) is 7. The molecule has 8 heteroatoms. The average Bonchev–Trinajstić information content (AvgIpc) is 2.79. The van der Waals surface area contributed by atoms with E-state index in [1.165, 1.54) is 11.3 Å². The Labute approximate surface area is 128 Å². The van der Waals surface area contributed by atoms with Crippen LogP contribution in [0.25, 0.3) is 0 Å². The molecule has 0 unspecified atom stereocenters. The molecule has 118 valence electrons. The number of aromatic nitrogens is 1. The molecule has 1 aliphatic rings. The van der Waals surface area contributed by atoms with Gasteiger partial charge in [0, 0.05) is 38.8 Å². The lowest BCUT2D eigenvalue weighted by Crippen LogP contribution is -2.49. The Morgan fingerprint density at radius 1 is 1.43 bits per heavy atom. The molecular weight excluding hydrogens is 290 g/mol. The van der Waals surface area contributed by atoms with E-state index in [1.807, 2.05) is 13.8 Å². The number of hydrogen-bond donors (Lipinski definition) is 3. The van der Waals surface area contributed by atoms with Crippen LogP contribution in [0, 0.1) is 0 Å². The maximum Gasteiger partial charge on any atom is 0.267 e. The van der Waals surface area contributed by atoms with Gasteiger partial charge in [-0.3, -0.25) is 9.69 Å². The van der Waals surface area contributed by atoms with Gasteiger partial charge in [-0.15, -0.1) is 0 Å². The van der Waals surface area contributed by atoms with Crippen LogP contribution < -0.4 is 11.1 Å². The zero-order valence-electron chi connectivity index (χ0n) is 12.5. The fourth-order valence-electron chi connectivity index (χ4n) is 2.25. The summed E-state index contributed by atoms with van der Waals surface area (Å²) in [4.78, 5) is 21.2. The number of rotatable bonds is 5. The lowest BCUT2D eigenvalue weighted by Gasteiger charge is -2.34. The quantitative estimate of drug-likeness (QED) is 0.723. The van der Waals surface area contributed by atoms with Crippen LogP contribution >= 0.6 is 11.3 Å². The van der Waals surface area contributed by atoms with Crippen LogP contribution in [0.3, 0.4) is 0 Å². The lowest BCUT2D eigenvalue weighted by atomic mass is 10.3. The summed E-state index contributed by atoms with van der Waals surface area (Å²) in [6.45, 7) is 7.71. The molecule has 0 atom stereocenters. The first kappa shape index (κ1) is 16.0. The number of thiazole rings is 1. The first-order valence-electron chi connectivity index (χ1n) is 7.16. The Balaban J connectivity index is 1.99. The van der Waals surface area contributed by atoms with Crippen molar-refractivity contribution in [2.45, 2.75) is 19.9 Å². The van der Waals surface area contributed by atoms with Gasteiger partial charge in [0.15, 0.2) is 5.13 Å². The Kier molecular flexibility index (Phi) is 5.38. The highest BCUT2D eigenvalue weighted by molar-refractivity contribution is 7.18. The molecule has 2 heterocycles. The lowest BCUT2D eigenvalue weighted by molar-refractivity contribution is 0.0620. The number of nitrogen functional groups attached to an aromatic ring is 1. The van der Waals surface area contributed by atoms with Gasteiger partial charge in [0.2, 0.25) is 0 Å². The molecule has 0 aliphatic carbocycles. The number of nitrogens with two attached hydrogens (primary N) is 1. The first-order chi connectivity index (χ1) is 10.0. The van der Waals surface area contributed by atoms with Crippen molar-refractivity contribution in [1.29, 1.82) is 0 Å². The molecule has 0 bridgehead atoms. The summed E-state index contributed by atoms with van der Waals surface area (Å²) < 4.78 is 0. The molecule has 2 rings (SSSR count). The number of amides is 1. The second kappa shape index (κ2) is 7.06. The summed E-state index contributed by atoms with van der Waals surface area (Å²) in [6, 6.07) is 0.250. The van der Waals surface area contributed by atoms with E-state index >= 15 is 0 Å². The number of aliphatic hydroxyl groups excluding tert-OH is 1. The van der Waals surface area contributed by atoms with Gasteiger partial charge in [-0.25, -0.2) is 4.98 Å². The molecular formula is C13H23N5O2S. The summed E-state index contributed by atoms with van der Waals surface area (Å²) in [5.74, 6) is 0.247. The smallest absolute Gasteiger partial charge is 0.267 e. The highest BCUT2D eigenvalue weighted by Gasteiger charge is 2.25. The molecule has 1 amide bonds. The molecule has 4 N–H and O–H groups in total. The SMILES string of the molecule is CC(C)Nc1nc(N)c(C(=O)N2CCN(CCO)CC2)s1. The minimum atomic E-state index is -0.0505. The minimum absolute atomic E-state index is 0.0505. The van der Waals surface area contributed by atoms with Crippen molar-refractivity contribution in [2.75, 3.05) is 50.4 Å². The fourth-order valence-corrected chi connectivity index (χ4v) is 3.25. The number of piperazine rings is 1. The van der Waals surface area contributed by atoms with E-state index in [0.29, 0.717) is 35.5 Å². The van der Waals surface area contributed by atoms with Gasteiger partial charge >= 0.3 is 0 Å². The fraction of sp³-hybridized carbons (Fsp3) is 0.692. The van der Waals surface area contributed by atoms with Gasteiger partial charge in [-0.1, -0.05) is 11.3 Å². The van der Waals surface area contributed by atoms with E-state index < -0.39 is 0 Å². The van der Waals surface area contributed by atoms with Crippen molar-refractivity contribution in [3.63, 3.8) is 0 Å². The van der Waals surface area contributed by atoms with Gasteiger partial charge in [0.25, 0.3) is 5.91 Å². The number of carbonyl (C=O) groups excluding carboxylic acids is 1. The van der Waals surface area contributed by atoms with Crippen molar-refractivity contribution < 1.29 is 9.90 Å². The van der Waals surface area contributed by atoms with Crippen LogP contribution in [0.4, 0.5) is 10.9 Å². The van der Waals surface area contributed by atoms with E-state index in [4.69, 9.17) is 10.8 Å². The van der Waals surface area contributed by atoms with Crippen molar-refractivity contribution in [3.8, 4) is 0 Å². The third-order valence-electron chi connectivity index (χ3n) is 3.34. The molecule has 1 aliphatic heterocycles. The van der Waals surface area contributed by atoms with Crippen LogP contribution in [0.5, 0.6) is 0 Å². The molecule has 1 fully saturated rings. The minimum Gasteiger partial charge on any atom is -0.395 e. The average molecular weight is 313 g/mol. The number of carbonyl (C=O) groups is 1. The highest BCUT2D eigenvalue weighted by Crippen LogP contribution is 2.27. The second-order valence-electron chi connectivity index (χ2n) is 5.39. The van der Waals surface area contributed by atoms with Gasteiger partial charge in [-0.05, 0) is 13.8 Å². The zero-order valence-corrected chi connectivity index (χ0v) is 13.3. The second-order valence-corrected chi connectivity index (χ2v) is 6.39. The summed E-state index contributed by atoms with van der Waals surface area (Å²) in [5, 5.41) is 12.8. The van der Waals surface area contributed by atoms with Crippen LogP contribution in [0.15, 0.2) is 0 Å². The van der Waals surface area contributed by atoms with E-state index in [2.05, 4.69) is 15.2 Å². The Morgan fingerprint density at radius 3 is 2.67 bits per heavy atom. The number of nitrogens with zero attached hydrogens (tertiary/aromatic N) is 3. The first-order valence-corrected chi connectivity index (χ1v) is 7.98. The number of anilines is 2. The standard InChI is InChI=1S/C13H23N5O2S/c1-9(2)15-13-16-11(14)10(21-13)12(20)18-5-3-17(4-6-18)7-8-19/h9,19H,3-8,14H2,1-2H3,(H,15,16). The van der Waals surface area contributed by atoms with E-state index in [1.54, 1.807) is 4.90 Å². The summed E-state index contributed by atoms with van der Waals surface area (Å²) in [6.07, 6.45) is 0. The van der Waals surface area contributed by atoms with Crippen LogP contribution in [0.2, 0.25) is 0 Å². The largest absolute Gasteiger partial charge is 0.395 e. The maximum absolute atomic E-state index is 12.5. The summed E-state index contributed by atoms with van der Waals surface area (Å²) in [7, 11) is 0. The van der Waals surface area contributed by atoms with Gasteiger partial charge in [-0.2, -0.15) is 0 Å². The predicted molar refractivity (Wildman–Crippen MR) is 84.7 cm³/mol. The van der Waals surface area contributed by atoms with Crippen molar-refractivity contribution >= 4 is 28.2 Å². The van der Waals surface area contributed by atoms with Crippen molar-refractivity contribution in [1.82, 2.24) is 14.8 Å². The highest BCUT2D eigenvalue weighted by atomic mass is 32.1. The molecule has 0 saturated carbocycles. The van der Waals surface area contributed by atoms with Gasteiger partial charge in [0.05, 0.1) is 6.61 Å². The molecule has 21 heavy (non-hydrogen) atoms. The Morgan fingerprint density at radius 2 is 2.10 bits per heavy atom. The molecule has 0 radical (unpaired) electrons. The normalized spacial score (nSPS) is 16.5. The van der Waals surface area contributed by atoms with E-state index in [-0.39, 0.29) is 18.6 Å². The zero-order chi connectivity index (χ0) is 15.4. The number of nitrogens with one attached hydrogen (secondary N) is 1. The van der Waals surface area contributed by atoms with Gasteiger partial charge < -0.3 is 21.1 Å². The monoisotopic (exact) mass is 313 g/mol. The molecule has 1 aromatic heterocycles. The third kappa shape index (κ3) is 4.05. The Hall–Kier alpha value is -1.38. The number of aliphatic hydroxyl groups is 1. The summed E-state index contributed by atoms with van der Waals surface area (Å²) in [5.41, 5.74) is 5.87. The molecule has 1 aromatic rings. The third-order valence-corrected chi connectivity index (χ3v) is 4.33.